The van der Waals surface area contributed by atoms with Crippen LogP contribution in [0.1, 0.15) is 264 Å². The third kappa shape index (κ3) is 22.0. The van der Waals surface area contributed by atoms with E-state index in [2.05, 4.69) is 89.4 Å². The summed E-state index contributed by atoms with van der Waals surface area (Å²) in [5.74, 6) is -4.31. The lowest BCUT2D eigenvalue weighted by Gasteiger charge is -2.38. The number of hydrogen-bond donors (Lipinski definition) is 9. The molecule has 0 aromatic heterocycles. The highest BCUT2D eigenvalue weighted by molar-refractivity contribution is 6.39. The fourth-order valence-electron chi connectivity index (χ4n) is 17.8. The molecule has 12 amide bonds. The zero-order valence-electron chi connectivity index (χ0n) is 72.0. The first-order chi connectivity index (χ1) is 50.5. The topological polar surface area (TPSA) is 374 Å². The molecule has 0 radical (unpaired) electrons. The van der Waals surface area contributed by atoms with E-state index in [0.717, 1.165) is 57.8 Å². The van der Waals surface area contributed by atoms with Crippen molar-refractivity contribution >= 4 is 88.2 Å². The molecule has 6 aliphatic carbocycles. The average molecular weight is 1560 g/mol. The standard InChI is InChI=1S/3C28H46N4O5/c3*1-15(33)21(34)18(13-16-11-10-12-16)29-23(35)20-19-17(28(19,8)9)14-32(20)24(36)22(26(2,3)4)30-25(37)31-27(5,6)7/h3*16-20,22H,10-14H2,1-9H3,(H,29,35)(H2,30,31,37)/t17?,18?,19?,20-,22+;17?,18-,19?,20+,22-;17?,18-,19?,20-,22+/m010/s1. The average Bonchev–Trinajstić information content (AvgIpc) is 1.54. The van der Waals surface area contributed by atoms with E-state index in [4.69, 9.17) is 0 Å². The molecule has 9 rings (SSSR count). The van der Waals surface area contributed by atoms with Crippen LogP contribution >= 0.6 is 0 Å². The van der Waals surface area contributed by atoms with E-state index in [0.29, 0.717) is 56.7 Å². The predicted molar refractivity (Wildman–Crippen MR) is 422 cm³/mol. The Morgan fingerprint density at radius 3 is 0.676 bits per heavy atom. The summed E-state index contributed by atoms with van der Waals surface area (Å²) in [4.78, 5) is 200. The fraction of sp³-hybridized carbons (Fsp3) is 0.821. The van der Waals surface area contributed by atoms with E-state index in [1.807, 2.05) is 125 Å². The number of amides is 12. The van der Waals surface area contributed by atoms with Gasteiger partial charge in [0, 0.05) is 57.0 Å². The Bertz CT molecular complexity index is 3240. The quantitative estimate of drug-likeness (QED) is 0.0409. The molecule has 0 aromatic carbocycles. The normalized spacial score (nSPS) is 26.3. The summed E-state index contributed by atoms with van der Waals surface area (Å²) < 4.78 is 0. The van der Waals surface area contributed by atoms with E-state index in [1.54, 1.807) is 14.7 Å². The van der Waals surface area contributed by atoms with E-state index < -0.39 is 158 Å². The van der Waals surface area contributed by atoms with E-state index in [-0.39, 0.29) is 69.5 Å². The molecule has 0 bridgehead atoms. The van der Waals surface area contributed by atoms with Gasteiger partial charge in [0.25, 0.3) is 0 Å². The van der Waals surface area contributed by atoms with Gasteiger partial charge >= 0.3 is 18.1 Å². The van der Waals surface area contributed by atoms with Crippen LogP contribution in [0.25, 0.3) is 0 Å². The number of nitrogens with one attached hydrogen (secondary N) is 9. The minimum absolute atomic E-state index is 0.0442. The molecule has 27 heteroatoms. The van der Waals surface area contributed by atoms with Gasteiger partial charge in [0.2, 0.25) is 52.8 Å². The molecule has 3 saturated heterocycles. The minimum atomic E-state index is -0.873. The lowest BCUT2D eigenvalue weighted by Crippen LogP contribution is -2.62. The van der Waals surface area contributed by atoms with Crippen molar-refractivity contribution in [1.29, 1.82) is 0 Å². The first-order valence-electron chi connectivity index (χ1n) is 40.8. The molecule has 15 atom stereocenters. The number of nitrogens with zero attached hydrogens (tertiary/aromatic N) is 3. The van der Waals surface area contributed by atoms with Crippen LogP contribution in [-0.4, -0.2) is 194 Å². The van der Waals surface area contributed by atoms with Crippen LogP contribution in [0.5, 0.6) is 0 Å². The fourth-order valence-corrected chi connectivity index (χ4v) is 17.8. The zero-order chi connectivity index (χ0) is 84.3. The number of hydrogen-bond acceptors (Lipinski definition) is 15. The molecule has 3 heterocycles. The number of rotatable bonds is 24. The van der Waals surface area contributed by atoms with E-state index in [9.17, 15) is 71.9 Å². The molecule has 9 fully saturated rings. The van der Waals surface area contributed by atoms with Crippen LogP contribution in [0.15, 0.2) is 0 Å². The number of likely N-dealkylation sites (tertiary alicyclic amines) is 3. The molecule has 0 spiro atoms. The Hall–Kier alpha value is -7.35. The molecule has 9 aliphatic rings. The monoisotopic (exact) mass is 1560 g/mol. The third-order valence-corrected chi connectivity index (χ3v) is 25.2. The van der Waals surface area contributed by atoms with Crippen LogP contribution in [0.3, 0.4) is 0 Å². The summed E-state index contributed by atoms with van der Waals surface area (Å²) in [6.07, 6.45) is 10.5. The van der Waals surface area contributed by atoms with Gasteiger partial charge < -0.3 is 62.6 Å². The number of Topliss-reactive ketones (excluding diaryl/α,β-unsaturated/α-hetero) is 6. The van der Waals surface area contributed by atoms with Crippen molar-refractivity contribution in [2.24, 2.45) is 85.8 Å². The van der Waals surface area contributed by atoms with Gasteiger partial charge in [-0.05, 0) is 167 Å². The molecule has 7 unspecified atom stereocenters. The summed E-state index contributed by atoms with van der Waals surface area (Å²) in [5, 5.41) is 25.6. The van der Waals surface area contributed by atoms with Gasteiger partial charge in [0.05, 0.1) is 18.1 Å². The van der Waals surface area contributed by atoms with Gasteiger partial charge in [-0.1, -0.05) is 162 Å². The maximum atomic E-state index is 13.9. The lowest BCUT2D eigenvalue weighted by atomic mass is 9.79. The second kappa shape index (κ2) is 33.2. The molecular formula is C84H138N12O15. The number of carbonyl (C=O) groups is 15. The van der Waals surface area contributed by atoms with E-state index in [1.165, 1.54) is 20.8 Å². The summed E-state index contributed by atoms with van der Waals surface area (Å²) in [6.45, 7) is 51.1. The minimum Gasteiger partial charge on any atom is -0.344 e. The number of urea groups is 3. The Morgan fingerprint density at radius 2 is 0.523 bits per heavy atom. The van der Waals surface area contributed by atoms with Crippen molar-refractivity contribution in [2.45, 2.75) is 335 Å². The SMILES string of the molecule is CC(=O)C(=O)C(CC1CCC1)NC(=O)[C@@H]1C2C(CN1C(=O)[C@@H](NC(=O)NC(C)(C)C)C(C)(C)C)C2(C)C.CC(=O)C(=O)[C@@H](CC1CCC1)NC(=O)[C@@H]1C2C(CN1C(=O)[C@@H](NC(=O)NC(C)(C)C)C(C)(C)C)C2(C)C.CC(=O)C(=O)[C@H](CC1CCC1)NC(=O)[C@@H]1C2C(CN1C(=O)[C@@H](NC(=O)NC(C)(C)C)C(C)(C)C)C2(C)C. The molecular weight excluding hydrogens is 1420 g/mol. The predicted octanol–water partition coefficient (Wildman–Crippen LogP) is 8.44. The maximum Gasteiger partial charge on any atom is 0.315 e. The van der Waals surface area contributed by atoms with Crippen LogP contribution in [0.4, 0.5) is 14.4 Å². The van der Waals surface area contributed by atoms with Crippen molar-refractivity contribution in [3.8, 4) is 0 Å². The highest BCUT2D eigenvalue weighted by Crippen LogP contribution is 2.67. The molecule has 6 saturated carbocycles. The zero-order valence-corrected chi connectivity index (χ0v) is 72.0. The van der Waals surface area contributed by atoms with Crippen LogP contribution in [0, 0.1) is 85.8 Å². The van der Waals surface area contributed by atoms with Crippen molar-refractivity contribution in [2.75, 3.05) is 19.6 Å². The first kappa shape index (κ1) is 90.8. The highest BCUT2D eigenvalue weighted by atomic mass is 16.2. The second-order valence-corrected chi connectivity index (χ2v) is 42.2. The number of ketones is 6. The smallest absolute Gasteiger partial charge is 0.315 e. The van der Waals surface area contributed by atoms with Crippen molar-refractivity contribution in [1.82, 2.24) is 62.6 Å². The summed E-state index contributed by atoms with van der Waals surface area (Å²) in [5.41, 5.74) is -3.57. The Balaban J connectivity index is 0.000000231. The molecule has 624 valence electrons. The summed E-state index contributed by atoms with van der Waals surface area (Å²) in [7, 11) is 0. The third-order valence-electron chi connectivity index (χ3n) is 25.2. The van der Waals surface area contributed by atoms with Gasteiger partial charge in [0.1, 0.15) is 36.3 Å². The Kier molecular flexibility index (Phi) is 27.2. The number of fused-ring (bicyclic) bond motifs is 3. The summed E-state index contributed by atoms with van der Waals surface area (Å²) in [6, 6.07) is -8.78. The molecule has 9 N–H and O–H groups in total. The Labute approximate surface area is 660 Å². The summed E-state index contributed by atoms with van der Waals surface area (Å²) >= 11 is 0. The number of carbonyl (C=O) groups excluding carboxylic acids is 15. The second-order valence-electron chi connectivity index (χ2n) is 42.2. The van der Waals surface area contributed by atoms with Gasteiger partial charge in [0.15, 0.2) is 17.3 Å². The van der Waals surface area contributed by atoms with Crippen molar-refractivity contribution in [3.05, 3.63) is 0 Å². The van der Waals surface area contributed by atoms with Gasteiger partial charge in [-0.2, -0.15) is 0 Å². The molecule has 3 aliphatic heterocycles. The molecule has 111 heavy (non-hydrogen) atoms. The van der Waals surface area contributed by atoms with Gasteiger partial charge in [-0.15, -0.1) is 0 Å². The maximum absolute atomic E-state index is 13.9. The van der Waals surface area contributed by atoms with Gasteiger partial charge in [-0.3, -0.25) is 57.5 Å². The van der Waals surface area contributed by atoms with Crippen molar-refractivity contribution in [3.63, 3.8) is 0 Å². The lowest BCUT2D eigenvalue weighted by molar-refractivity contribution is -0.145. The molecule has 27 nitrogen and oxygen atoms in total. The van der Waals surface area contributed by atoms with Crippen molar-refractivity contribution < 1.29 is 71.9 Å². The largest absolute Gasteiger partial charge is 0.344 e. The number of piperidine rings is 3. The van der Waals surface area contributed by atoms with Crippen LogP contribution in [-0.2, 0) is 57.5 Å². The highest BCUT2D eigenvalue weighted by Gasteiger charge is 2.72. The Morgan fingerprint density at radius 1 is 0.324 bits per heavy atom. The first-order valence-corrected chi connectivity index (χ1v) is 40.8. The van der Waals surface area contributed by atoms with Gasteiger partial charge in [-0.25, -0.2) is 14.4 Å². The van der Waals surface area contributed by atoms with E-state index >= 15 is 0 Å². The van der Waals surface area contributed by atoms with Crippen LogP contribution < -0.4 is 47.9 Å². The van der Waals surface area contributed by atoms with Crippen LogP contribution in [0.2, 0.25) is 0 Å². The molecule has 0 aromatic rings.